The predicted molar refractivity (Wildman–Crippen MR) is 70.4 cm³/mol. The van der Waals surface area contributed by atoms with Crippen molar-refractivity contribution < 1.29 is 9.22 Å². The maximum atomic E-state index is 5.60. The van der Waals surface area contributed by atoms with E-state index in [0.29, 0.717) is 0 Å². The first-order chi connectivity index (χ1) is 8.27. The Hall–Kier alpha value is -0.621. The van der Waals surface area contributed by atoms with Gasteiger partial charge in [-0.05, 0) is 0 Å². The van der Waals surface area contributed by atoms with E-state index in [4.69, 9.17) is 9.22 Å². The van der Waals surface area contributed by atoms with Gasteiger partial charge in [0.2, 0.25) is 0 Å². The van der Waals surface area contributed by atoms with E-state index in [1.807, 2.05) is 24.3 Å². The Morgan fingerprint density at radius 1 is 0.765 bits per heavy atom. The summed E-state index contributed by atoms with van der Waals surface area (Å²) < 4.78 is 17.9. The van der Waals surface area contributed by atoms with Gasteiger partial charge in [0.25, 0.3) is 0 Å². The zero-order valence-corrected chi connectivity index (χ0v) is 13.1. The first-order valence-corrected chi connectivity index (χ1v) is 10.3. The Morgan fingerprint density at radius 3 is 2.00 bits per heavy atom. The summed E-state index contributed by atoms with van der Waals surface area (Å²) in [6.45, 7) is 0. The van der Waals surface area contributed by atoms with Gasteiger partial charge in [0.1, 0.15) is 0 Å². The molecule has 4 heteroatoms. The first kappa shape index (κ1) is 12.8. The molecule has 17 heavy (non-hydrogen) atoms. The summed E-state index contributed by atoms with van der Waals surface area (Å²) in [6, 6.07) is 14.3. The Labute approximate surface area is 107 Å². The molecule has 0 saturated heterocycles. The molecule has 0 N–H and O–H groups in total. The minimum absolute atomic E-state index is 1.07. The van der Waals surface area contributed by atoms with Crippen LogP contribution in [-0.2, 0) is 9.22 Å². The summed E-state index contributed by atoms with van der Waals surface area (Å²) in [5.74, 6) is 0. The quantitative estimate of drug-likeness (QED) is 0.797. The monoisotopic (exact) mass is 340 g/mol. The third-order valence-corrected chi connectivity index (χ3v) is 10.7. The van der Waals surface area contributed by atoms with E-state index in [1.54, 1.807) is 21.3 Å². The summed E-state index contributed by atoms with van der Waals surface area (Å²) >= 11 is -3.58. The molecule has 0 amide bonds. The second kappa shape index (κ2) is 5.35. The molecule has 0 bridgehead atoms. The molecule has 0 aliphatic heterocycles. The summed E-state index contributed by atoms with van der Waals surface area (Å²) in [6.07, 6.45) is 0. The third kappa shape index (κ3) is 2.20. The van der Waals surface area contributed by atoms with Crippen LogP contribution < -0.4 is 3.58 Å². The number of fused-ring (bicyclic) bond motifs is 1. The van der Waals surface area contributed by atoms with E-state index in [9.17, 15) is 0 Å². The molecule has 0 aliphatic rings. The SMILES string of the molecule is C[O][Sn]([O]C)([O]C)[c]1cccc2ccccc12. The molecule has 90 valence electrons. The van der Waals surface area contributed by atoms with Crippen molar-refractivity contribution in [3.05, 3.63) is 42.5 Å². The van der Waals surface area contributed by atoms with E-state index in [0.717, 1.165) is 8.97 Å². The van der Waals surface area contributed by atoms with E-state index >= 15 is 0 Å². The molecule has 0 atom stereocenters. The van der Waals surface area contributed by atoms with Gasteiger partial charge in [-0.3, -0.25) is 0 Å². The van der Waals surface area contributed by atoms with Crippen molar-refractivity contribution in [3.8, 4) is 0 Å². The Kier molecular flexibility index (Phi) is 4.04. The molecule has 2 aromatic carbocycles. The van der Waals surface area contributed by atoms with Gasteiger partial charge in [0, 0.05) is 0 Å². The number of benzene rings is 2. The van der Waals surface area contributed by atoms with Crippen molar-refractivity contribution in [2.45, 2.75) is 0 Å². The van der Waals surface area contributed by atoms with E-state index < -0.39 is 19.6 Å². The van der Waals surface area contributed by atoms with Crippen molar-refractivity contribution in [2.75, 3.05) is 21.3 Å². The zero-order valence-electron chi connectivity index (χ0n) is 10.3. The van der Waals surface area contributed by atoms with Crippen LogP contribution in [0.2, 0.25) is 0 Å². The molecular formula is C13H16O3Sn. The Bertz CT molecular complexity index is 495. The molecule has 0 radical (unpaired) electrons. The second-order valence-electron chi connectivity index (χ2n) is 3.70. The second-order valence-corrected chi connectivity index (χ2v) is 11.9. The number of hydrogen-bond acceptors (Lipinski definition) is 3. The van der Waals surface area contributed by atoms with Crippen molar-refractivity contribution >= 4 is 34.0 Å². The van der Waals surface area contributed by atoms with Gasteiger partial charge in [-0.2, -0.15) is 0 Å². The molecule has 0 spiro atoms. The van der Waals surface area contributed by atoms with Crippen molar-refractivity contribution in [2.24, 2.45) is 0 Å². The number of rotatable bonds is 4. The molecule has 0 aromatic heterocycles. The van der Waals surface area contributed by atoms with Crippen LogP contribution >= 0.6 is 0 Å². The van der Waals surface area contributed by atoms with Gasteiger partial charge >= 0.3 is 107 Å². The van der Waals surface area contributed by atoms with Gasteiger partial charge in [-0.1, -0.05) is 0 Å². The molecule has 0 unspecified atom stereocenters. The molecule has 2 rings (SSSR count). The predicted octanol–water partition coefficient (Wildman–Crippen LogP) is 1.92. The fourth-order valence-electron chi connectivity index (χ4n) is 2.07. The normalized spacial score (nSPS) is 11.9. The Morgan fingerprint density at radius 2 is 1.35 bits per heavy atom. The van der Waals surface area contributed by atoms with Gasteiger partial charge in [0.15, 0.2) is 0 Å². The third-order valence-electron chi connectivity index (χ3n) is 2.93. The van der Waals surface area contributed by atoms with E-state index in [-0.39, 0.29) is 0 Å². The molecule has 3 nitrogen and oxygen atoms in total. The van der Waals surface area contributed by atoms with Gasteiger partial charge in [0.05, 0.1) is 0 Å². The zero-order chi connectivity index (χ0) is 12.3. The summed E-state index contributed by atoms with van der Waals surface area (Å²) in [4.78, 5) is 0. The van der Waals surface area contributed by atoms with Crippen LogP contribution in [0.4, 0.5) is 0 Å². The van der Waals surface area contributed by atoms with Crippen LogP contribution in [0, 0.1) is 0 Å². The van der Waals surface area contributed by atoms with Crippen LogP contribution in [-0.4, -0.2) is 40.9 Å². The van der Waals surface area contributed by atoms with Crippen LogP contribution in [0.15, 0.2) is 42.5 Å². The summed E-state index contributed by atoms with van der Waals surface area (Å²) in [7, 11) is 4.97. The van der Waals surface area contributed by atoms with Crippen molar-refractivity contribution in [1.29, 1.82) is 0 Å². The fourth-order valence-corrected chi connectivity index (χ4v) is 7.83. The van der Waals surface area contributed by atoms with E-state index in [1.165, 1.54) is 5.39 Å². The summed E-state index contributed by atoms with van der Waals surface area (Å²) in [5.41, 5.74) is 0. The first-order valence-electron chi connectivity index (χ1n) is 5.41. The number of hydrogen-bond donors (Lipinski definition) is 0. The molecule has 0 fully saturated rings. The van der Waals surface area contributed by atoms with E-state index in [2.05, 4.69) is 18.2 Å². The van der Waals surface area contributed by atoms with Crippen LogP contribution in [0.5, 0.6) is 0 Å². The van der Waals surface area contributed by atoms with Gasteiger partial charge in [-0.15, -0.1) is 0 Å². The van der Waals surface area contributed by atoms with Crippen molar-refractivity contribution in [1.82, 2.24) is 0 Å². The topological polar surface area (TPSA) is 27.7 Å². The molecule has 2 aromatic rings. The van der Waals surface area contributed by atoms with Crippen molar-refractivity contribution in [3.63, 3.8) is 0 Å². The standard InChI is InChI=1S/C10H7.3CH3O.Sn/c1-2-6-10-8-4-3-7-9(10)5-1;3*1-2;/h1-7H;3*1H3;/q;3*-1;+3. The van der Waals surface area contributed by atoms with Crippen LogP contribution in [0.1, 0.15) is 0 Å². The maximum absolute atomic E-state index is 5.60. The van der Waals surface area contributed by atoms with Crippen LogP contribution in [0.25, 0.3) is 10.8 Å². The molecule has 0 heterocycles. The molecular weight excluding hydrogens is 323 g/mol. The van der Waals surface area contributed by atoms with Gasteiger partial charge in [-0.25, -0.2) is 0 Å². The molecule has 0 aliphatic carbocycles. The summed E-state index contributed by atoms with van der Waals surface area (Å²) in [5, 5.41) is 2.33. The van der Waals surface area contributed by atoms with Crippen LogP contribution in [0.3, 0.4) is 0 Å². The average molecular weight is 339 g/mol. The fraction of sp³-hybridized carbons (Fsp3) is 0.231. The molecule has 0 saturated carbocycles. The minimum atomic E-state index is -3.58. The van der Waals surface area contributed by atoms with Gasteiger partial charge < -0.3 is 0 Å². The Balaban J connectivity index is 2.69. The average Bonchev–Trinajstić information content (AvgIpc) is 2.41.